The number of amides is 2. The Labute approximate surface area is 229 Å². The molecule has 4 aromatic rings. The number of ether oxygens (including phenoxy) is 2. The molecule has 3 aromatic carbocycles. The van der Waals surface area contributed by atoms with Crippen LogP contribution in [0.15, 0.2) is 72.8 Å². The lowest BCUT2D eigenvalue weighted by atomic mass is 10.0. The highest BCUT2D eigenvalue weighted by Gasteiger charge is 2.35. The van der Waals surface area contributed by atoms with Gasteiger partial charge in [0.1, 0.15) is 23.9 Å². The lowest BCUT2D eigenvalue weighted by Gasteiger charge is -2.32. The fourth-order valence-electron chi connectivity index (χ4n) is 4.76. The third kappa shape index (κ3) is 5.69. The summed E-state index contributed by atoms with van der Waals surface area (Å²) in [4.78, 5) is 41.0. The van der Waals surface area contributed by atoms with Gasteiger partial charge in [-0.25, -0.2) is 13.9 Å². The highest BCUT2D eigenvalue weighted by molar-refractivity contribution is 6.01. The van der Waals surface area contributed by atoms with Crippen LogP contribution in [0.4, 0.5) is 10.1 Å². The second-order valence-corrected chi connectivity index (χ2v) is 9.35. The number of nitrogens with one attached hydrogen (secondary N) is 1. The van der Waals surface area contributed by atoms with Crippen LogP contribution >= 0.6 is 0 Å². The van der Waals surface area contributed by atoms with Gasteiger partial charge in [0.25, 0.3) is 0 Å². The van der Waals surface area contributed by atoms with E-state index in [4.69, 9.17) is 9.47 Å². The Morgan fingerprint density at radius 3 is 2.58 bits per heavy atom. The molecule has 1 saturated heterocycles. The number of nitrogens with zero attached hydrogens (tertiary/aromatic N) is 4. The fraction of sp³-hybridized carbons (Fsp3) is 0.276. The van der Waals surface area contributed by atoms with Crippen molar-refractivity contribution in [1.29, 1.82) is 0 Å². The lowest BCUT2D eigenvalue weighted by molar-refractivity contribution is -0.127. The molecule has 0 aliphatic carbocycles. The fourth-order valence-corrected chi connectivity index (χ4v) is 4.76. The van der Waals surface area contributed by atoms with Gasteiger partial charge in [-0.05, 0) is 54.8 Å². The molecule has 11 heteroatoms. The third-order valence-electron chi connectivity index (χ3n) is 6.77. The normalized spacial score (nSPS) is 15.5. The highest BCUT2D eigenvalue weighted by Crippen LogP contribution is 2.31. The van der Waals surface area contributed by atoms with Crippen LogP contribution in [0.5, 0.6) is 0 Å². The van der Waals surface area contributed by atoms with Gasteiger partial charge in [0, 0.05) is 13.2 Å². The SMILES string of the molecule is COC(=O)c1ccc([C@@H](C(=O)NC[C@@H]2CCCO2)N(C(=O)Cn2nnc3ccccc32)c2ccccc2F)cc1. The number of fused-ring (bicyclic) bond motifs is 1. The molecule has 5 rings (SSSR count). The Morgan fingerprint density at radius 2 is 1.85 bits per heavy atom. The molecule has 40 heavy (non-hydrogen) atoms. The molecule has 2 atom stereocenters. The van der Waals surface area contributed by atoms with Crippen LogP contribution in [0.2, 0.25) is 0 Å². The number of carbonyl (C=O) groups is 3. The summed E-state index contributed by atoms with van der Waals surface area (Å²) >= 11 is 0. The van der Waals surface area contributed by atoms with Crippen LogP contribution in [0.3, 0.4) is 0 Å². The number of anilines is 1. The molecule has 0 spiro atoms. The summed E-state index contributed by atoms with van der Waals surface area (Å²) in [7, 11) is 1.27. The quantitative estimate of drug-likeness (QED) is 0.321. The Kier molecular flexibility index (Phi) is 8.11. The summed E-state index contributed by atoms with van der Waals surface area (Å²) < 4.78 is 27.1. The van der Waals surface area contributed by atoms with Crippen molar-refractivity contribution in [3.05, 3.63) is 89.7 Å². The summed E-state index contributed by atoms with van der Waals surface area (Å²) in [6, 6.07) is 17.7. The Morgan fingerprint density at radius 1 is 1.10 bits per heavy atom. The monoisotopic (exact) mass is 545 g/mol. The largest absolute Gasteiger partial charge is 0.465 e. The molecular formula is C29H28FN5O5. The number of para-hydroxylation sites is 2. The molecule has 0 saturated carbocycles. The van der Waals surface area contributed by atoms with E-state index in [0.29, 0.717) is 23.2 Å². The number of benzene rings is 3. The molecule has 0 radical (unpaired) electrons. The Hall–Kier alpha value is -4.64. The molecule has 0 bridgehead atoms. The maximum atomic E-state index is 15.3. The van der Waals surface area contributed by atoms with Gasteiger partial charge in [-0.15, -0.1) is 5.10 Å². The zero-order chi connectivity index (χ0) is 28.1. The summed E-state index contributed by atoms with van der Waals surface area (Å²) in [5.41, 5.74) is 1.77. The molecule has 206 valence electrons. The molecule has 10 nitrogen and oxygen atoms in total. The van der Waals surface area contributed by atoms with Gasteiger partial charge in [0.05, 0.1) is 30.0 Å². The molecule has 2 heterocycles. The van der Waals surface area contributed by atoms with E-state index in [9.17, 15) is 14.4 Å². The molecular weight excluding hydrogens is 517 g/mol. The van der Waals surface area contributed by atoms with Crippen LogP contribution in [0.25, 0.3) is 11.0 Å². The van der Waals surface area contributed by atoms with E-state index in [-0.39, 0.29) is 30.4 Å². The van der Waals surface area contributed by atoms with E-state index < -0.39 is 29.6 Å². The van der Waals surface area contributed by atoms with Crippen molar-refractivity contribution in [3.8, 4) is 0 Å². The first kappa shape index (κ1) is 26.9. The summed E-state index contributed by atoms with van der Waals surface area (Å²) in [6.45, 7) is 0.553. The van der Waals surface area contributed by atoms with Crippen molar-refractivity contribution >= 4 is 34.5 Å². The van der Waals surface area contributed by atoms with Crippen LogP contribution in [0.1, 0.15) is 34.8 Å². The maximum Gasteiger partial charge on any atom is 0.337 e. The Balaban J connectivity index is 1.55. The molecule has 1 aliphatic rings. The second kappa shape index (κ2) is 12.0. The van der Waals surface area contributed by atoms with Crippen LogP contribution in [-0.2, 0) is 25.6 Å². The van der Waals surface area contributed by atoms with Gasteiger partial charge in [0.15, 0.2) is 0 Å². The average Bonchev–Trinajstić information content (AvgIpc) is 3.65. The minimum absolute atomic E-state index is 0.0776. The van der Waals surface area contributed by atoms with Gasteiger partial charge in [-0.2, -0.15) is 0 Å². The number of aromatic nitrogens is 3. The number of rotatable bonds is 9. The number of esters is 1. The number of hydrogen-bond acceptors (Lipinski definition) is 7. The zero-order valence-electron chi connectivity index (χ0n) is 21.8. The second-order valence-electron chi connectivity index (χ2n) is 9.35. The summed E-state index contributed by atoms with van der Waals surface area (Å²) in [5, 5.41) is 11.1. The van der Waals surface area contributed by atoms with E-state index in [2.05, 4.69) is 15.6 Å². The van der Waals surface area contributed by atoms with Crippen LogP contribution in [0, 0.1) is 5.82 Å². The number of methoxy groups -OCH3 is 1. The van der Waals surface area contributed by atoms with Gasteiger partial charge in [0.2, 0.25) is 11.8 Å². The predicted molar refractivity (Wildman–Crippen MR) is 144 cm³/mol. The molecule has 1 aromatic heterocycles. The predicted octanol–water partition coefficient (Wildman–Crippen LogP) is 3.43. The molecule has 1 aliphatic heterocycles. The number of carbonyl (C=O) groups excluding carboxylic acids is 3. The zero-order valence-corrected chi connectivity index (χ0v) is 21.8. The van der Waals surface area contributed by atoms with Gasteiger partial charge >= 0.3 is 5.97 Å². The van der Waals surface area contributed by atoms with E-state index in [1.807, 2.05) is 0 Å². The first-order chi connectivity index (χ1) is 19.5. The minimum atomic E-state index is -1.27. The smallest absolute Gasteiger partial charge is 0.337 e. The van der Waals surface area contributed by atoms with Crippen molar-refractivity contribution in [1.82, 2.24) is 20.3 Å². The average molecular weight is 546 g/mol. The van der Waals surface area contributed by atoms with Crippen molar-refractivity contribution in [2.24, 2.45) is 0 Å². The lowest BCUT2D eigenvalue weighted by Crippen LogP contribution is -2.47. The van der Waals surface area contributed by atoms with Crippen LogP contribution < -0.4 is 10.2 Å². The number of halogens is 1. The van der Waals surface area contributed by atoms with Gasteiger partial charge < -0.3 is 14.8 Å². The first-order valence-corrected chi connectivity index (χ1v) is 12.9. The van der Waals surface area contributed by atoms with Gasteiger partial charge in [-0.1, -0.05) is 41.6 Å². The summed E-state index contributed by atoms with van der Waals surface area (Å²) in [6.07, 6.45) is 1.55. The molecule has 1 fully saturated rings. The van der Waals surface area contributed by atoms with Crippen molar-refractivity contribution in [2.45, 2.75) is 31.5 Å². The third-order valence-corrected chi connectivity index (χ3v) is 6.77. The minimum Gasteiger partial charge on any atom is -0.465 e. The molecule has 2 amide bonds. The van der Waals surface area contributed by atoms with Crippen molar-refractivity contribution in [2.75, 3.05) is 25.2 Å². The molecule has 0 unspecified atom stereocenters. The summed E-state index contributed by atoms with van der Waals surface area (Å²) in [5.74, 6) is -2.34. The van der Waals surface area contributed by atoms with E-state index in [1.165, 1.54) is 42.1 Å². The van der Waals surface area contributed by atoms with Crippen molar-refractivity contribution in [3.63, 3.8) is 0 Å². The van der Waals surface area contributed by atoms with Crippen LogP contribution in [-0.4, -0.2) is 59.1 Å². The van der Waals surface area contributed by atoms with E-state index in [0.717, 1.165) is 17.7 Å². The first-order valence-electron chi connectivity index (χ1n) is 12.9. The van der Waals surface area contributed by atoms with Gasteiger partial charge in [-0.3, -0.25) is 14.5 Å². The number of hydrogen-bond donors (Lipinski definition) is 1. The molecule has 1 N–H and O–H groups in total. The highest BCUT2D eigenvalue weighted by atomic mass is 19.1. The topological polar surface area (TPSA) is 116 Å². The van der Waals surface area contributed by atoms with E-state index in [1.54, 1.807) is 42.5 Å². The maximum absolute atomic E-state index is 15.3. The Bertz CT molecular complexity index is 1520. The van der Waals surface area contributed by atoms with E-state index >= 15 is 4.39 Å². The standard InChI is InChI=1S/C29H28FN5O5/c1-39-29(38)20-14-12-19(13-15-20)27(28(37)31-17-21-7-6-16-40-21)35(24-10-4-2-8-22(24)30)26(36)18-34-25-11-5-3-9-23(25)32-33-34/h2-5,8-15,21,27H,6-7,16-18H2,1H3,(H,31,37)/t21-,27-/m0/s1. The van der Waals surface area contributed by atoms with Crippen molar-refractivity contribution < 1.29 is 28.2 Å².